The van der Waals surface area contributed by atoms with Gasteiger partial charge < -0.3 is 20.4 Å². The topological polar surface area (TPSA) is 89.9 Å². The van der Waals surface area contributed by atoms with Crippen LogP contribution < -0.4 is 5.32 Å². The van der Waals surface area contributed by atoms with Gasteiger partial charge in [0.15, 0.2) is 0 Å². The Hall–Kier alpha value is -2.24. The van der Waals surface area contributed by atoms with Crippen molar-refractivity contribution in [1.29, 1.82) is 0 Å². The van der Waals surface area contributed by atoms with Crippen LogP contribution in [0.4, 0.5) is 10.5 Å². The second-order valence-electron chi connectivity index (χ2n) is 4.86. The highest BCUT2D eigenvalue weighted by Gasteiger charge is 2.27. The molecule has 6 heteroatoms. The van der Waals surface area contributed by atoms with Crippen molar-refractivity contribution < 1.29 is 19.8 Å². The Morgan fingerprint density at radius 2 is 2.20 bits per heavy atom. The lowest BCUT2D eigenvalue weighted by molar-refractivity contribution is 0.0693. The molecule has 0 spiro atoms. The SMILES string of the molecule is CCC1CCCN1C(=O)Nc1ccc(O)c(C(=O)O)c1. The van der Waals surface area contributed by atoms with Crippen LogP contribution in [0, 0.1) is 0 Å². The molecule has 1 atom stereocenters. The number of carbonyl (C=O) groups is 2. The molecule has 1 heterocycles. The van der Waals surface area contributed by atoms with Gasteiger partial charge in [-0.05, 0) is 37.5 Å². The number of phenols is 1. The molecule has 0 bridgehead atoms. The minimum atomic E-state index is -1.23. The van der Waals surface area contributed by atoms with Gasteiger partial charge >= 0.3 is 12.0 Å². The third-order valence-electron chi connectivity index (χ3n) is 3.59. The number of carboxylic acids is 1. The van der Waals surface area contributed by atoms with Gasteiger partial charge in [0.25, 0.3) is 0 Å². The zero-order valence-corrected chi connectivity index (χ0v) is 11.3. The Morgan fingerprint density at radius 1 is 1.45 bits per heavy atom. The van der Waals surface area contributed by atoms with Crippen molar-refractivity contribution in [2.45, 2.75) is 32.2 Å². The summed E-state index contributed by atoms with van der Waals surface area (Å²) in [4.78, 5) is 24.9. The predicted molar refractivity (Wildman–Crippen MR) is 74.1 cm³/mol. The number of hydrogen-bond acceptors (Lipinski definition) is 3. The zero-order chi connectivity index (χ0) is 14.7. The maximum atomic E-state index is 12.2. The molecule has 1 aliphatic heterocycles. The highest BCUT2D eigenvalue weighted by atomic mass is 16.4. The summed E-state index contributed by atoms with van der Waals surface area (Å²) in [6.45, 7) is 2.76. The van der Waals surface area contributed by atoms with Crippen LogP contribution >= 0.6 is 0 Å². The van der Waals surface area contributed by atoms with E-state index in [1.165, 1.54) is 18.2 Å². The second kappa shape index (κ2) is 5.81. The number of amides is 2. The molecule has 0 aliphatic carbocycles. The first-order chi connectivity index (χ1) is 9.52. The van der Waals surface area contributed by atoms with Gasteiger partial charge in [-0.1, -0.05) is 6.92 Å². The lowest BCUT2D eigenvalue weighted by Gasteiger charge is -2.24. The van der Waals surface area contributed by atoms with Gasteiger partial charge in [-0.2, -0.15) is 0 Å². The number of rotatable bonds is 3. The number of carbonyl (C=O) groups excluding carboxylic acids is 1. The van der Waals surface area contributed by atoms with E-state index in [9.17, 15) is 14.7 Å². The highest BCUT2D eigenvalue weighted by Crippen LogP contribution is 2.24. The van der Waals surface area contributed by atoms with E-state index in [-0.39, 0.29) is 23.4 Å². The molecule has 0 radical (unpaired) electrons. The van der Waals surface area contributed by atoms with Crippen molar-refractivity contribution in [2.75, 3.05) is 11.9 Å². The van der Waals surface area contributed by atoms with Crippen LogP contribution in [0.1, 0.15) is 36.5 Å². The quantitative estimate of drug-likeness (QED) is 0.741. The molecule has 1 aromatic rings. The molecule has 1 fully saturated rings. The van der Waals surface area contributed by atoms with E-state index in [0.29, 0.717) is 12.2 Å². The molecule has 3 N–H and O–H groups in total. The third-order valence-corrected chi connectivity index (χ3v) is 3.59. The maximum Gasteiger partial charge on any atom is 0.339 e. The number of aromatic carboxylic acids is 1. The number of likely N-dealkylation sites (tertiary alicyclic amines) is 1. The normalized spacial score (nSPS) is 18.1. The van der Waals surface area contributed by atoms with E-state index in [4.69, 9.17) is 5.11 Å². The largest absolute Gasteiger partial charge is 0.507 e. The molecular formula is C14H18N2O4. The minimum absolute atomic E-state index is 0.226. The summed E-state index contributed by atoms with van der Waals surface area (Å²) in [6, 6.07) is 4.02. The molecule has 0 saturated carbocycles. The molecule has 1 aliphatic rings. The fraction of sp³-hybridized carbons (Fsp3) is 0.429. The number of benzene rings is 1. The highest BCUT2D eigenvalue weighted by molar-refractivity contribution is 5.95. The Kier molecular flexibility index (Phi) is 4.12. The molecule has 2 rings (SSSR count). The second-order valence-corrected chi connectivity index (χ2v) is 4.86. The first-order valence-corrected chi connectivity index (χ1v) is 6.67. The van der Waals surface area contributed by atoms with E-state index in [1.807, 2.05) is 6.92 Å². The van der Waals surface area contributed by atoms with Gasteiger partial charge in [-0.3, -0.25) is 0 Å². The van der Waals surface area contributed by atoms with Crippen LogP contribution in [0.2, 0.25) is 0 Å². The molecule has 0 aromatic heterocycles. The lowest BCUT2D eigenvalue weighted by Crippen LogP contribution is -2.38. The standard InChI is InChI=1S/C14H18N2O4/c1-2-10-4-3-7-16(10)14(20)15-9-5-6-12(17)11(8-9)13(18)19/h5-6,8,10,17H,2-4,7H2,1H3,(H,15,20)(H,18,19). The van der Waals surface area contributed by atoms with Crippen LogP contribution in [0.5, 0.6) is 5.75 Å². The summed E-state index contributed by atoms with van der Waals surface area (Å²) >= 11 is 0. The average Bonchev–Trinajstić information content (AvgIpc) is 2.89. The smallest absolute Gasteiger partial charge is 0.339 e. The summed E-state index contributed by atoms with van der Waals surface area (Å²) in [6.07, 6.45) is 2.89. The van der Waals surface area contributed by atoms with E-state index < -0.39 is 5.97 Å². The van der Waals surface area contributed by atoms with E-state index >= 15 is 0 Å². The first-order valence-electron chi connectivity index (χ1n) is 6.67. The summed E-state index contributed by atoms with van der Waals surface area (Å²) in [5, 5.41) is 21.0. The number of nitrogens with zero attached hydrogens (tertiary/aromatic N) is 1. The molecule has 2 amide bonds. The van der Waals surface area contributed by atoms with Gasteiger partial charge in [0.1, 0.15) is 11.3 Å². The van der Waals surface area contributed by atoms with Crippen molar-refractivity contribution in [3.63, 3.8) is 0 Å². The monoisotopic (exact) mass is 278 g/mol. The maximum absolute atomic E-state index is 12.2. The number of urea groups is 1. The molecule has 1 aromatic carbocycles. The molecule has 6 nitrogen and oxygen atoms in total. The predicted octanol–water partition coefficient (Wildman–Crippen LogP) is 2.50. The Bertz CT molecular complexity index is 530. The van der Waals surface area contributed by atoms with E-state index in [0.717, 1.165) is 19.3 Å². The number of aromatic hydroxyl groups is 1. The van der Waals surface area contributed by atoms with Crippen molar-refractivity contribution in [2.24, 2.45) is 0 Å². The first kappa shape index (κ1) is 14.2. The minimum Gasteiger partial charge on any atom is -0.507 e. The fourth-order valence-electron chi connectivity index (χ4n) is 2.51. The average molecular weight is 278 g/mol. The van der Waals surface area contributed by atoms with Gasteiger partial charge in [0, 0.05) is 18.3 Å². The molecule has 20 heavy (non-hydrogen) atoms. The Balaban J connectivity index is 2.12. The van der Waals surface area contributed by atoms with Crippen LogP contribution in [0.15, 0.2) is 18.2 Å². The van der Waals surface area contributed by atoms with Gasteiger partial charge in [0.2, 0.25) is 0 Å². The van der Waals surface area contributed by atoms with Crippen molar-refractivity contribution in [3.8, 4) is 5.75 Å². The Labute approximate surface area is 117 Å². The van der Waals surface area contributed by atoms with Crippen LogP contribution in [0.3, 0.4) is 0 Å². The van der Waals surface area contributed by atoms with E-state index in [2.05, 4.69) is 5.32 Å². The van der Waals surface area contributed by atoms with Crippen molar-refractivity contribution in [1.82, 2.24) is 4.90 Å². The summed E-state index contributed by atoms with van der Waals surface area (Å²) in [5.74, 6) is -1.55. The molecule has 108 valence electrons. The summed E-state index contributed by atoms with van der Waals surface area (Å²) in [5.41, 5.74) is 0.142. The summed E-state index contributed by atoms with van der Waals surface area (Å²) < 4.78 is 0. The number of carboxylic acid groups (broad SMARTS) is 1. The van der Waals surface area contributed by atoms with Crippen LogP contribution in [-0.4, -0.2) is 39.7 Å². The Morgan fingerprint density at radius 3 is 2.85 bits per heavy atom. The lowest BCUT2D eigenvalue weighted by atomic mass is 10.1. The van der Waals surface area contributed by atoms with Gasteiger partial charge in [-0.25, -0.2) is 9.59 Å². The number of hydrogen-bond donors (Lipinski definition) is 3. The fourth-order valence-corrected chi connectivity index (χ4v) is 2.51. The van der Waals surface area contributed by atoms with Crippen molar-refractivity contribution in [3.05, 3.63) is 23.8 Å². The van der Waals surface area contributed by atoms with Gasteiger partial charge in [0.05, 0.1) is 0 Å². The molecular weight excluding hydrogens is 260 g/mol. The van der Waals surface area contributed by atoms with Gasteiger partial charge in [-0.15, -0.1) is 0 Å². The number of anilines is 1. The summed E-state index contributed by atoms with van der Waals surface area (Å²) in [7, 11) is 0. The molecule has 1 unspecified atom stereocenters. The van der Waals surface area contributed by atoms with Crippen LogP contribution in [0.25, 0.3) is 0 Å². The zero-order valence-electron chi connectivity index (χ0n) is 11.3. The molecule has 1 saturated heterocycles. The number of nitrogens with one attached hydrogen (secondary N) is 1. The van der Waals surface area contributed by atoms with Crippen molar-refractivity contribution >= 4 is 17.7 Å². The van der Waals surface area contributed by atoms with Crippen LogP contribution in [-0.2, 0) is 0 Å². The van der Waals surface area contributed by atoms with E-state index in [1.54, 1.807) is 4.90 Å². The third kappa shape index (κ3) is 2.84.